The molecule has 0 radical (unpaired) electrons. The van der Waals surface area contributed by atoms with Gasteiger partial charge in [-0.05, 0) is 19.1 Å². The largest absolute Gasteiger partial charge is 0.324 e. The average molecular weight is 334 g/mol. The summed E-state index contributed by atoms with van der Waals surface area (Å²) in [6, 6.07) is 5.10. The number of nitrogens with zero attached hydrogens (tertiary/aromatic N) is 2. The number of rotatable bonds is 4. The Hall–Kier alpha value is -0.820. The molecule has 1 N–H and O–H groups in total. The Kier molecular flexibility index (Phi) is 5.04. The zero-order valence-corrected chi connectivity index (χ0v) is 12.9. The quantitative estimate of drug-likeness (QED) is 0.860. The van der Waals surface area contributed by atoms with Crippen molar-refractivity contribution in [3.63, 3.8) is 0 Å². The molecule has 1 aromatic carbocycles. The number of amides is 1. The second-order valence-corrected chi connectivity index (χ2v) is 6.76. The number of hydrogen-bond acceptors (Lipinski definition) is 5. The van der Waals surface area contributed by atoms with Gasteiger partial charge >= 0.3 is 0 Å². The molecule has 1 aromatic heterocycles. The lowest BCUT2D eigenvalue weighted by Gasteiger charge is -2.11. The Balaban J connectivity index is 2.02. The summed E-state index contributed by atoms with van der Waals surface area (Å²) in [5, 5.41) is 10.8. The summed E-state index contributed by atoms with van der Waals surface area (Å²) in [7, 11) is 0. The fourth-order valence-corrected chi connectivity index (χ4v) is 3.23. The van der Waals surface area contributed by atoms with Gasteiger partial charge in [0.15, 0.2) is 4.34 Å². The molecule has 4 nitrogen and oxygen atoms in total. The normalized spacial score (nSPS) is 12.2. The van der Waals surface area contributed by atoms with E-state index in [1.54, 1.807) is 30.6 Å². The maximum atomic E-state index is 12.0. The fraction of sp³-hybridized carbons (Fsp3) is 0.182. The van der Waals surface area contributed by atoms with E-state index in [4.69, 9.17) is 23.2 Å². The molecule has 0 spiro atoms. The van der Waals surface area contributed by atoms with E-state index in [9.17, 15) is 4.79 Å². The zero-order chi connectivity index (χ0) is 13.8. The van der Waals surface area contributed by atoms with Crippen LogP contribution in [0.15, 0.2) is 28.0 Å². The summed E-state index contributed by atoms with van der Waals surface area (Å²) < 4.78 is 0.750. The van der Waals surface area contributed by atoms with Crippen LogP contribution >= 0.6 is 46.3 Å². The monoisotopic (exact) mass is 333 g/mol. The molecule has 0 bridgehead atoms. The molecule has 0 saturated heterocycles. The van der Waals surface area contributed by atoms with Gasteiger partial charge in [0.2, 0.25) is 5.91 Å². The second kappa shape index (κ2) is 6.56. The van der Waals surface area contributed by atoms with Crippen molar-refractivity contribution in [2.24, 2.45) is 0 Å². The zero-order valence-electron chi connectivity index (χ0n) is 9.76. The third kappa shape index (κ3) is 3.82. The molecule has 0 fully saturated rings. The molecule has 0 aliphatic heterocycles. The number of carbonyl (C=O) groups is 1. The van der Waals surface area contributed by atoms with Crippen LogP contribution < -0.4 is 5.32 Å². The average Bonchev–Trinajstić information content (AvgIpc) is 2.87. The first-order valence-electron chi connectivity index (χ1n) is 5.25. The predicted octanol–water partition coefficient (Wildman–Crippen LogP) is 3.96. The summed E-state index contributed by atoms with van der Waals surface area (Å²) in [5.74, 6) is -0.163. The van der Waals surface area contributed by atoms with Gasteiger partial charge in [0, 0.05) is 0 Å². The Labute approximate surface area is 128 Å². The summed E-state index contributed by atoms with van der Waals surface area (Å²) >= 11 is 14.6. The molecule has 2 aromatic rings. The van der Waals surface area contributed by atoms with Crippen LogP contribution in [0.2, 0.25) is 10.0 Å². The molecular formula is C11H9Cl2N3OS2. The first-order chi connectivity index (χ1) is 9.08. The molecule has 0 aliphatic carbocycles. The number of nitrogens with one attached hydrogen (secondary N) is 1. The van der Waals surface area contributed by atoms with E-state index < -0.39 is 0 Å². The molecule has 1 amide bonds. The van der Waals surface area contributed by atoms with Crippen molar-refractivity contribution in [1.29, 1.82) is 0 Å². The van der Waals surface area contributed by atoms with Crippen LogP contribution in [-0.4, -0.2) is 21.4 Å². The predicted molar refractivity (Wildman–Crippen MR) is 80.3 cm³/mol. The van der Waals surface area contributed by atoms with E-state index in [-0.39, 0.29) is 11.2 Å². The molecule has 0 unspecified atom stereocenters. The maximum Gasteiger partial charge on any atom is 0.237 e. The molecular weight excluding hydrogens is 325 g/mol. The van der Waals surface area contributed by atoms with Crippen LogP contribution in [0.5, 0.6) is 0 Å². The van der Waals surface area contributed by atoms with Gasteiger partial charge in [-0.3, -0.25) is 4.79 Å². The van der Waals surface area contributed by atoms with Crippen molar-refractivity contribution in [1.82, 2.24) is 10.2 Å². The van der Waals surface area contributed by atoms with Crippen molar-refractivity contribution in [3.8, 4) is 0 Å². The fourth-order valence-electron chi connectivity index (χ4n) is 1.25. The number of thioether (sulfide) groups is 1. The third-order valence-corrected chi connectivity index (χ3v) is 4.93. The van der Waals surface area contributed by atoms with Crippen LogP contribution in [0, 0.1) is 0 Å². The van der Waals surface area contributed by atoms with Crippen molar-refractivity contribution in [2.75, 3.05) is 5.32 Å². The van der Waals surface area contributed by atoms with Gasteiger partial charge in [-0.1, -0.05) is 52.4 Å². The molecule has 2 rings (SSSR count). The lowest BCUT2D eigenvalue weighted by molar-refractivity contribution is -0.115. The van der Waals surface area contributed by atoms with Crippen molar-refractivity contribution in [2.45, 2.75) is 16.5 Å². The third-order valence-electron chi connectivity index (χ3n) is 2.20. The van der Waals surface area contributed by atoms with Gasteiger partial charge in [0.25, 0.3) is 0 Å². The lowest BCUT2D eigenvalue weighted by Crippen LogP contribution is -2.22. The van der Waals surface area contributed by atoms with Gasteiger partial charge in [-0.15, -0.1) is 10.2 Å². The van der Waals surface area contributed by atoms with Crippen LogP contribution in [0.4, 0.5) is 5.69 Å². The second-order valence-electron chi connectivity index (χ2n) is 3.56. The molecule has 1 atom stereocenters. The van der Waals surface area contributed by atoms with Crippen LogP contribution in [0.25, 0.3) is 0 Å². The highest BCUT2D eigenvalue weighted by Gasteiger charge is 2.17. The number of aromatic nitrogens is 2. The smallest absolute Gasteiger partial charge is 0.237 e. The van der Waals surface area contributed by atoms with Crippen LogP contribution in [-0.2, 0) is 4.79 Å². The van der Waals surface area contributed by atoms with Gasteiger partial charge in [-0.2, -0.15) is 0 Å². The Bertz CT molecular complexity index is 577. The van der Waals surface area contributed by atoms with Gasteiger partial charge in [0.1, 0.15) is 5.51 Å². The van der Waals surface area contributed by atoms with Gasteiger partial charge in [-0.25, -0.2) is 0 Å². The Morgan fingerprint density at radius 1 is 1.47 bits per heavy atom. The maximum absolute atomic E-state index is 12.0. The van der Waals surface area contributed by atoms with E-state index >= 15 is 0 Å². The van der Waals surface area contributed by atoms with E-state index in [0.29, 0.717) is 15.7 Å². The first-order valence-corrected chi connectivity index (χ1v) is 7.77. The molecule has 8 heteroatoms. The van der Waals surface area contributed by atoms with Crippen molar-refractivity contribution >= 4 is 57.9 Å². The lowest BCUT2D eigenvalue weighted by atomic mass is 10.3. The van der Waals surface area contributed by atoms with Gasteiger partial charge in [0.05, 0.1) is 21.0 Å². The molecule has 0 aliphatic rings. The summed E-state index contributed by atoms with van der Waals surface area (Å²) in [4.78, 5) is 12.0. The molecule has 100 valence electrons. The van der Waals surface area contributed by atoms with Crippen molar-refractivity contribution < 1.29 is 4.79 Å². The summed E-state index contributed by atoms with van der Waals surface area (Å²) in [5.41, 5.74) is 2.13. The van der Waals surface area contributed by atoms with E-state index in [1.807, 2.05) is 0 Å². The number of hydrogen-bond donors (Lipinski definition) is 1. The number of halogens is 2. The minimum absolute atomic E-state index is 0.163. The first kappa shape index (κ1) is 14.6. The summed E-state index contributed by atoms with van der Waals surface area (Å²) in [6.07, 6.45) is 0. The SMILES string of the molecule is C[C@H](Sc1nncs1)C(=O)Nc1cccc(Cl)c1Cl. The Morgan fingerprint density at radius 3 is 2.95 bits per heavy atom. The standard InChI is InChI=1S/C11H9Cl2N3OS2/c1-6(19-11-16-14-5-18-11)10(17)15-8-4-2-3-7(12)9(8)13/h2-6H,1H3,(H,15,17)/t6-/m0/s1. The van der Waals surface area contributed by atoms with E-state index in [0.717, 1.165) is 4.34 Å². The highest BCUT2D eigenvalue weighted by Crippen LogP contribution is 2.31. The van der Waals surface area contributed by atoms with Crippen LogP contribution in [0.3, 0.4) is 0 Å². The Morgan fingerprint density at radius 2 is 2.26 bits per heavy atom. The highest BCUT2D eigenvalue weighted by molar-refractivity contribution is 8.02. The molecule has 19 heavy (non-hydrogen) atoms. The highest BCUT2D eigenvalue weighted by atomic mass is 35.5. The van der Waals surface area contributed by atoms with E-state index in [2.05, 4.69) is 15.5 Å². The van der Waals surface area contributed by atoms with Crippen molar-refractivity contribution in [3.05, 3.63) is 33.8 Å². The molecule has 0 saturated carbocycles. The van der Waals surface area contributed by atoms with Gasteiger partial charge < -0.3 is 5.32 Å². The number of anilines is 1. The summed E-state index contributed by atoms with van der Waals surface area (Å²) in [6.45, 7) is 1.79. The minimum atomic E-state index is -0.303. The molecule has 1 heterocycles. The van der Waals surface area contributed by atoms with Crippen LogP contribution in [0.1, 0.15) is 6.92 Å². The number of benzene rings is 1. The number of carbonyl (C=O) groups excluding carboxylic acids is 1. The minimum Gasteiger partial charge on any atom is -0.324 e. The topological polar surface area (TPSA) is 54.9 Å². The van der Waals surface area contributed by atoms with E-state index in [1.165, 1.54) is 23.1 Å².